The first-order valence-electron chi connectivity index (χ1n) is 5.62. The Labute approximate surface area is 105 Å². The molecule has 0 radical (unpaired) electrons. The highest BCUT2D eigenvalue weighted by Gasteiger charge is 2.25. The van der Waals surface area contributed by atoms with Crippen LogP contribution in [0.5, 0.6) is 0 Å². The number of nitrogens with zero attached hydrogens (tertiary/aromatic N) is 2. The van der Waals surface area contributed by atoms with E-state index in [1.807, 2.05) is 48.6 Å². The summed E-state index contributed by atoms with van der Waals surface area (Å²) in [5, 5.41) is 23.4. The zero-order chi connectivity index (χ0) is 12.8. The number of allylic oxidation sites excluding steroid dienone is 4. The first-order chi connectivity index (χ1) is 8.79. The zero-order valence-corrected chi connectivity index (χ0v) is 9.77. The lowest BCUT2D eigenvalue weighted by molar-refractivity contribution is 0.313. The maximum Gasteiger partial charge on any atom is 0.0692 e. The summed E-state index contributed by atoms with van der Waals surface area (Å²) in [5.41, 5.74) is 1.58. The maximum atomic E-state index is 8.66. The average molecular weight is 242 g/mol. The van der Waals surface area contributed by atoms with Gasteiger partial charge in [-0.25, -0.2) is 0 Å². The van der Waals surface area contributed by atoms with Gasteiger partial charge in [0.15, 0.2) is 0 Å². The third-order valence-electron chi connectivity index (χ3n) is 2.95. The van der Waals surface area contributed by atoms with Gasteiger partial charge in [-0.05, 0) is 17.6 Å². The minimum atomic E-state index is -0.651. The lowest BCUT2D eigenvalue weighted by Gasteiger charge is -2.22. The van der Waals surface area contributed by atoms with E-state index in [9.17, 15) is 0 Å². The molecule has 0 fully saturated rings. The molecule has 0 spiro atoms. The summed E-state index contributed by atoms with van der Waals surface area (Å²) >= 11 is 0. The number of rotatable bonds is 3. The van der Waals surface area contributed by atoms with E-state index in [0.29, 0.717) is 6.42 Å². The standard InChI is InChI=1S/C14H14N2O2/c17-15-10-14(11-16-18)8-6-13(7-9-14)12-4-2-1-3-5-12/h1-8,10-11,17-18H,9H2. The SMILES string of the molecule is ON=CC1(C=NO)C=CC(c2ccccc2)=CC1. The van der Waals surface area contributed by atoms with Crippen molar-refractivity contribution in [3.8, 4) is 0 Å². The molecule has 18 heavy (non-hydrogen) atoms. The van der Waals surface area contributed by atoms with E-state index >= 15 is 0 Å². The minimum absolute atomic E-state index is 0.585. The molecule has 1 aliphatic rings. The third kappa shape index (κ3) is 2.48. The van der Waals surface area contributed by atoms with E-state index in [1.165, 1.54) is 12.4 Å². The monoisotopic (exact) mass is 242 g/mol. The van der Waals surface area contributed by atoms with E-state index in [1.54, 1.807) is 0 Å². The van der Waals surface area contributed by atoms with Crippen molar-refractivity contribution in [2.45, 2.75) is 6.42 Å². The summed E-state index contributed by atoms with van der Waals surface area (Å²) in [4.78, 5) is 0. The third-order valence-corrected chi connectivity index (χ3v) is 2.95. The van der Waals surface area contributed by atoms with Crippen molar-refractivity contribution in [3.63, 3.8) is 0 Å². The summed E-state index contributed by atoms with van der Waals surface area (Å²) in [6.45, 7) is 0. The largest absolute Gasteiger partial charge is 0.411 e. The van der Waals surface area contributed by atoms with Gasteiger partial charge in [-0.3, -0.25) is 0 Å². The van der Waals surface area contributed by atoms with E-state index in [2.05, 4.69) is 10.3 Å². The number of hydrogen-bond acceptors (Lipinski definition) is 4. The van der Waals surface area contributed by atoms with Crippen LogP contribution in [0.2, 0.25) is 0 Å². The van der Waals surface area contributed by atoms with Crippen molar-refractivity contribution in [2.24, 2.45) is 15.7 Å². The van der Waals surface area contributed by atoms with Crippen molar-refractivity contribution >= 4 is 18.0 Å². The van der Waals surface area contributed by atoms with Crippen molar-refractivity contribution < 1.29 is 10.4 Å². The van der Waals surface area contributed by atoms with E-state index in [-0.39, 0.29) is 0 Å². The van der Waals surface area contributed by atoms with Crippen LogP contribution < -0.4 is 0 Å². The van der Waals surface area contributed by atoms with Crippen LogP contribution in [0.25, 0.3) is 5.57 Å². The average Bonchev–Trinajstić information content (AvgIpc) is 2.41. The van der Waals surface area contributed by atoms with Crippen molar-refractivity contribution in [2.75, 3.05) is 0 Å². The van der Waals surface area contributed by atoms with Gasteiger partial charge < -0.3 is 10.4 Å². The van der Waals surface area contributed by atoms with Crippen LogP contribution in [0, 0.1) is 5.41 Å². The summed E-state index contributed by atoms with van der Waals surface area (Å²) in [6, 6.07) is 10.00. The Morgan fingerprint density at radius 3 is 2.22 bits per heavy atom. The molecule has 0 heterocycles. The van der Waals surface area contributed by atoms with Gasteiger partial charge in [0.1, 0.15) is 0 Å². The number of benzene rings is 1. The molecule has 92 valence electrons. The highest BCUT2D eigenvalue weighted by Crippen LogP contribution is 2.30. The molecule has 0 unspecified atom stereocenters. The lowest BCUT2D eigenvalue weighted by Crippen LogP contribution is -2.23. The molecule has 0 saturated heterocycles. The molecule has 4 nitrogen and oxygen atoms in total. The van der Waals surface area contributed by atoms with Crippen LogP contribution in [0.4, 0.5) is 0 Å². The summed E-state index contributed by atoms with van der Waals surface area (Å²) in [6.07, 6.45) is 9.10. The first kappa shape index (κ1) is 12.1. The zero-order valence-electron chi connectivity index (χ0n) is 9.77. The molecule has 0 amide bonds. The van der Waals surface area contributed by atoms with Gasteiger partial charge in [-0.1, -0.05) is 48.6 Å². The van der Waals surface area contributed by atoms with Crippen LogP contribution >= 0.6 is 0 Å². The number of hydrogen-bond donors (Lipinski definition) is 2. The second kappa shape index (κ2) is 5.31. The molecule has 1 aromatic carbocycles. The molecule has 0 aliphatic heterocycles. The van der Waals surface area contributed by atoms with Crippen molar-refractivity contribution in [1.82, 2.24) is 0 Å². The van der Waals surface area contributed by atoms with Crippen LogP contribution in [-0.2, 0) is 0 Å². The minimum Gasteiger partial charge on any atom is -0.411 e. The van der Waals surface area contributed by atoms with Crippen LogP contribution in [0.15, 0.2) is 58.9 Å². The normalized spacial score (nSPS) is 23.7. The molecule has 1 aromatic rings. The topological polar surface area (TPSA) is 65.2 Å². The first-order valence-corrected chi connectivity index (χ1v) is 5.62. The van der Waals surface area contributed by atoms with Gasteiger partial charge in [-0.15, -0.1) is 10.3 Å². The van der Waals surface area contributed by atoms with E-state index in [4.69, 9.17) is 10.4 Å². The van der Waals surface area contributed by atoms with Gasteiger partial charge in [0.2, 0.25) is 0 Å². The molecule has 0 saturated carbocycles. The fourth-order valence-electron chi connectivity index (χ4n) is 1.95. The van der Waals surface area contributed by atoms with Crippen LogP contribution in [-0.4, -0.2) is 22.8 Å². The van der Waals surface area contributed by atoms with Crippen molar-refractivity contribution in [3.05, 3.63) is 54.1 Å². The Morgan fingerprint density at radius 2 is 1.72 bits per heavy atom. The van der Waals surface area contributed by atoms with Gasteiger partial charge in [0, 0.05) is 0 Å². The van der Waals surface area contributed by atoms with Gasteiger partial charge in [0.25, 0.3) is 0 Å². The van der Waals surface area contributed by atoms with Crippen molar-refractivity contribution in [1.29, 1.82) is 0 Å². The molecule has 0 bridgehead atoms. The number of oxime groups is 2. The summed E-state index contributed by atoms with van der Waals surface area (Å²) in [7, 11) is 0. The summed E-state index contributed by atoms with van der Waals surface area (Å²) < 4.78 is 0. The van der Waals surface area contributed by atoms with Crippen LogP contribution in [0.3, 0.4) is 0 Å². The molecular weight excluding hydrogens is 228 g/mol. The predicted octanol–water partition coefficient (Wildman–Crippen LogP) is 2.94. The predicted molar refractivity (Wildman–Crippen MR) is 71.2 cm³/mol. The van der Waals surface area contributed by atoms with Crippen LogP contribution in [0.1, 0.15) is 12.0 Å². The quantitative estimate of drug-likeness (QED) is 0.486. The Hall–Kier alpha value is -2.36. The van der Waals surface area contributed by atoms with E-state index in [0.717, 1.165) is 11.1 Å². The fraction of sp³-hybridized carbons (Fsp3) is 0.143. The van der Waals surface area contributed by atoms with Gasteiger partial charge >= 0.3 is 0 Å². The molecule has 4 heteroatoms. The Balaban J connectivity index is 2.25. The maximum absolute atomic E-state index is 8.66. The molecule has 2 N–H and O–H groups in total. The second-order valence-electron chi connectivity index (χ2n) is 4.16. The highest BCUT2D eigenvalue weighted by molar-refractivity contribution is 5.94. The molecule has 0 aromatic heterocycles. The Kier molecular flexibility index (Phi) is 3.57. The molecular formula is C14H14N2O2. The second-order valence-corrected chi connectivity index (χ2v) is 4.16. The Morgan fingerprint density at radius 1 is 1.06 bits per heavy atom. The summed E-state index contributed by atoms with van der Waals surface area (Å²) in [5.74, 6) is 0. The molecule has 0 atom stereocenters. The molecule has 2 rings (SSSR count). The fourth-order valence-corrected chi connectivity index (χ4v) is 1.95. The lowest BCUT2D eigenvalue weighted by atomic mass is 9.81. The van der Waals surface area contributed by atoms with Gasteiger partial charge in [-0.2, -0.15) is 0 Å². The Bertz CT molecular complexity index is 504. The van der Waals surface area contributed by atoms with E-state index < -0.39 is 5.41 Å². The molecule has 1 aliphatic carbocycles. The highest BCUT2D eigenvalue weighted by atomic mass is 16.4. The smallest absolute Gasteiger partial charge is 0.0692 e. The van der Waals surface area contributed by atoms with Gasteiger partial charge in [0.05, 0.1) is 17.8 Å².